The van der Waals surface area contributed by atoms with Gasteiger partial charge in [0, 0.05) is 44.6 Å². The fraction of sp³-hybridized carbons (Fsp3) is 0.286. The number of likely N-dealkylation sites (N-methyl/N-ethyl adjacent to an activating group) is 1. The molecule has 0 spiro atoms. The van der Waals surface area contributed by atoms with E-state index in [0.717, 1.165) is 34.0 Å². The number of allylic oxidation sites excluding steroid dienone is 1. The van der Waals surface area contributed by atoms with Crippen LogP contribution in [-0.2, 0) is 4.79 Å². The Morgan fingerprint density at radius 3 is 2.65 bits per heavy atom. The summed E-state index contributed by atoms with van der Waals surface area (Å²) in [6, 6.07) is 17.7. The molecule has 2 aliphatic heterocycles. The van der Waals surface area contributed by atoms with Crippen molar-refractivity contribution in [3.63, 3.8) is 0 Å². The highest BCUT2D eigenvalue weighted by Gasteiger charge is 2.33. The standard InChI is InChI=1S/C28H32N6O3/c1-32(2)28(36)25-14-24-21(15-30-25)17-33(18-26(24)34(12-13-35)23-6-4-3-5-7-23)31-22-10-8-20(9-11-22)27-16-29-19-37-27/h3-11,16,18-19,25,30-31,35H,12-15,17H2,1-2H3. The predicted octanol–water partition coefficient (Wildman–Crippen LogP) is 3.07. The zero-order chi connectivity index (χ0) is 25.8. The van der Waals surface area contributed by atoms with Crippen molar-refractivity contribution in [2.45, 2.75) is 12.5 Å². The molecular weight excluding hydrogens is 468 g/mol. The molecule has 0 aliphatic carbocycles. The van der Waals surface area contributed by atoms with Gasteiger partial charge in [-0.25, -0.2) is 4.98 Å². The van der Waals surface area contributed by atoms with Gasteiger partial charge in [0.1, 0.15) is 0 Å². The van der Waals surface area contributed by atoms with Crippen molar-refractivity contribution in [2.24, 2.45) is 0 Å². The molecule has 9 nitrogen and oxygen atoms in total. The summed E-state index contributed by atoms with van der Waals surface area (Å²) in [5, 5.41) is 15.4. The Kier molecular flexibility index (Phi) is 7.25. The zero-order valence-electron chi connectivity index (χ0n) is 21.1. The van der Waals surface area contributed by atoms with Gasteiger partial charge in [0.25, 0.3) is 0 Å². The average molecular weight is 501 g/mol. The van der Waals surface area contributed by atoms with Crippen LogP contribution in [0.1, 0.15) is 6.42 Å². The van der Waals surface area contributed by atoms with E-state index in [0.29, 0.717) is 26.1 Å². The molecular formula is C28H32N6O3. The van der Waals surface area contributed by atoms with Crippen LogP contribution in [0.4, 0.5) is 11.4 Å². The van der Waals surface area contributed by atoms with Crippen molar-refractivity contribution in [1.82, 2.24) is 20.2 Å². The molecule has 1 unspecified atom stereocenters. The molecule has 1 aromatic heterocycles. The van der Waals surface area contributed by atoms with Crippen molar-refractivity contribution >= 4 is 17.3 Å². The number of anilines is 2. The lowest BCUT2D eigenvalue weighted by Crippen LogP contribution is -2.50. The summed E-state index contributed by atoms with van der Waals surface area (Å²) >= 11 is 0. The first-order chi connectivity index (χ1) is 18.0. The van der Waals surface area contributed by atoms with Crippen LogP contribution >= 0.6 is 0 Å². The number of hydrogen-bond donors (Lipinski definition) is 3. The first kappa shape index (κ1) is 24.6. The lowest BCUT2D eigenvalue weighted by atomic mass is 9.90. The third-order valence-corrected chi connectivity index (χ3v) is 6.64. The van der Waals surface area contributed by atoms with Gasteiger partial charge < -0.3 is 24.6 Å². The Balaban J connectivity index is 1.45. The van der Waals surface area contributed by atoms with Crippen molar-refractivity contribution in [2.75, 3.05) is 50.7 Å². The van der Waals surface area contributed by atoms with Crippen LogP contribution in [-0.4, -0.2) is 72.3 Å². The van der Waals surface area contributed by atoms with Crippen molar-refractivity contribution in [3.8, 4) is 11.3 Å². The van der Waals surface area contributed by atoms with Gasteiger partial charge in [-0.15, -0.1) is 0 Å². The molecule has 0 bridgehead atoms. The molecule has 5 rings (SSSR count). The molecule has 0 saturated heterocycles. The van der Waals surface area contributed by atoms with Gasteiger partial charge in [-0.05, 0) is 54.0 Å². The van der Waals surface area contributed by atoms with E-state index >= 15 is 0 Å². The van der Waals surface area contributed by atoms with E-state index < -0.39 is 0 Å². The van der Waals surface area contributed by atoms with E-state index in [1.165, 1.54) is 12.0 Å². The number of para-hydroxylation sites is 1. The molecule has 1 atom stereocenters. The Morgan fingerprint density at radius 2 is 1.97 bits per heavy atom. The lowest BCUT2D eigenvalue weighted by Gasteiger charge is -2.40. The number of hydrogen-bond acceptors (Lipinski definition) is 8. The number of carbonyl (C=O) groups excluding carboxylic acids is 1. The highest BCUT2D eigenvalue weighted by molar-refractivity contribution is 5.82. The van der Waals surface area contributed by atoms with E-state index in [1.54, 1.807) is 25.2 Å². The Morgan fingerprint density at radius 1 is 1.19 bits per heavy atom. The second-order valence-electron chi connectivity index (χ2n) is 9.36. The fourth-order valence-electron chi connectivity index (χ4n) is 4.81. The summed E-state index contributed by atoms with van der Waals surface area (Å²) in [7, 11) is 3.57. The molecule has 0 fully saturated rings. The number of aromatic nitrogens is 1. The highest BCUT2D eigenvalue weighted by Crippen LogP contribution is 2.34. The summed E-state index contributed by atoms with van der Waals surface area (Å²) in [5.74, 6) is 0.783. The summed E-state index contributed by atoms with van der Waals surface area (Å²) in [5.41, 5.74) is 9.71. The van der Waals surface area contributed by atoms with Crippen LogP contribution in [0.3, 0.4) is 0 Å². The van der Waals surface area contributed by atoms with Crippen molar-refractivity contribution < 1.29 is 14.3 Å². The maximum atomic E-state index is 12.8. The number of nitrogens with zero attached hydrogens (tertiary/aromatic N) is 4. The van der Waals surface area contributed by atoms with Gasteiger partial charge in [-0.3, -0.25) is 15.2 Å². The molecule has 37 heavy (non-hydrogen) atoms. The molecule has 0 saturated carbocycles. The van der Waals surface area contributed by atoms with Gasteiger partial charge in [0.15, 0.2) is 12.2 Å². The molecule has 192 valence electrons. The molecule has 3 N–H and O–H groups in total. The first-order valence-electron chi connectivity index (χ1n) is 12.4. The molecule has 3 heterocycles. The smallest absolute Gasteiger partial charge is 0.239 e. The maximum Gasteiger partial charge on any atom is 0.239 e. The third-order valence-electron chi connectivity index (χ3n) is 6.64. The van der Waals surface area contributed by atoms with E-state index in [2.05, 4.69) is 31.8 Å². The largest absolute Gasteiger partial charge is 0.444 e. The van der Waals surface area contributed by atoms with Crippen LogP contribution in [0.5, 0.6) is 0 Å². The quantitative estimate of drug-likeness (QED) is 0.434. The maximum absolute atomic E-state index is 12.8. The van der Waals surface area contributed by atoms with Gasteiger partial charge in [-0.2, -0.15) is 0 Å². The van der Waals surface area contributed by atoms with Gasteiger partial charge in [-0.1, -0.05) is 18.2 Å². The molecule has 9 heteroatoms. The summed E-state index contributed by atoms with van der Waals surface area (Å²) in [4.78, 5) is 20.5. The molecule has 1 amide bonds. The highest BCUT2D eigenvalue weighted by atomic mass is 16.3. The van der Waals surface area contributed by atoms with Crippen LogP contribution in [0.2, 0.25) is 0 Å². The lowest BCUT2D eigenvalue weighted by molar-refractivity contribution is -0.130. The van der Waals surface area contributed by atoms with Crippen LogP contribution in [0, 0.1) is 0 Å². The molecule has 3 aromatic rings. The predicted molar refractivity (Wildman–Crippen MR) is 143 cm³/mol. The number of rotatable bonds is 8. The number of carbonyl (C=O) groups is 1. The summed E-state index contributed by atoms with van der Waals surface area (Å²) in [6.07, 6.45) is 5.79. The topological polar surface area (TPSA) is 97.1 Å². The first-order valence-corrected chi connectivity index (χ1v) is 12.4. The molecule has 0 radical (unpaired) electrons. The number of nitrogens with one attached hydrogen (secondary N) is 2. The minimum atomic E-state index is -0.285. The molecule has 2 aromatic carbocycles. The summed E-state index contributed by atoms with van der Waals surface area (Å²) in [6.45, 7) is 1.72. The number of benzene rings is 2. The van der Waals surface area contributed by atoms with Crippen LogP contribution in [0.25, 0.3) is 11.3 Å². The Bertz CT molecular complexity index is 1270. The SMILES string of the molecule is CN(C)C(=O)C1CC2=C(CN1)CN(Nc1ccc(-c3cnco3)cc1)C=C2N(CCO)c1ccccc1. The normalized spacial score (nSPS) is 17.2. The summed E-state index contributed by atoms with van der Waals surface area (Å²) < 4.78 is 5.40. The number of hydrazine groups is 1. The van der Waals surface area contributed by atoms with Gasteiger partial charge in [0.05, 0.1) is 36.8 Å². The number of aliphatic hydroxyl groups excluding tert-OH is 1. The monoisotopic (exact) mass is 500 g/mol. The number of amides is 1. The second kappa shape index (κ2) is 10.9. The fourth-order valence-corrected chi connectivity index (χ4v) is 4.81. The van der Waals surface area contributed by atoms with Gasteiger partial charge in [0.2, 0.25) is 5.91 Å². The van der Waals surface area contributed by atoms with E-state index in [1.807, 2.05) is 54.6 Å². The van der Waals surface area contributed by atoms with Gasteiger partial charge >= 0.3 is 0 Å². The number of aliphatic hydroxyl groups is 1. The van der Waals surface area contributed by atoms with Crippen LogP contribution < -0.4 is 15.6 Å². The van der Waals surface area contributed by atoms with Crippen molar-refractivity contribution in [3.05, 3.63) is 90.2 Å². The molecule has 2 aliphatic rings. The Labute approximate surface area is 216 Å². The number of oxazole rings is 1. The average Bonchev–Trinajstić information content (AvgIpc) is 3.47. The zero-order valence-corrected chi connectivity index (χ0v) is 21.1. The van der Waals surface area contributed by atoms with E-state index in [-0.39, 0.29) is 18.6 Å². The third kappa shape index (κ3) is 5.37. The second-order valence-corrected chi connectivity index (χ2v) is 9.36. The minimum Gasteiger partial charge on any atom is -0.444 e. The Hall–Kier alpha value is -4.08. The van der Waals surface area contributed by atoms with Crippen LogP contribution in [0.15, 0.2) is 94.6 Å². The minimum absolute atomic E-state index is 0.00365. The van der Waals surface area contributed by atoms with E-state index in [4.69, 9.17) is 4.42 Å². The van der Waals surface area contributed by atoms with Crippen molar-refractivity contribution in [1.29, 1.82) is 0 Å². The van der Waals surface area contributed by atoms with E-state index in [9.17, 15) is 9.90 Å².